The van der Waals surface area contributed by atoms with Crippen molar-refractivity contribution in [2.75, 3.05) is 26.8 Å². The molecule has 2 amide bonds. The summed E-state index contributed by atoms with van der Waals surface area (Å²) in [6, 6.07) is 18.6. The molecule has 1 aromatic heterocycles. The van der Waals surface area contributed by atoms with Gasteiger partial charge in [0.15, 0.2) is 0 Å². The molecule has 0 saturated carbocycles. The number of hydrogen-bond donors (Lipinski definition) is 0. The minimum Gasteiger partial charge on any atom is -0.464 e. The van der Waals surface area contributed by atoms with E-state index in [4.69, 9.17) is 9.15 Å². The molecule has 2 aromatic carbocycles. The minimum atomic E-state index is -0.561. The van der Waals surface area contributed by atoms with Crippen molar-refractivity contribution in [3.05, 3.63) is 99.5 Å². The summed E-state index contributed by atoms with van der Waals surface area (Å²) in [6.07, 6.45) is 0. The number of nitro groups is 1. The Balaban J connectivity index is 1.82. The zero-order chi connectivity index (χ0) is 24.5. The Morgan fingerprint density at radius 1 is 1.00 bits per heavy atom. The number of carbonyl (C=O) groups is 2. The first-order valence-corrected chi connectivity index (χ1v) is 10.8. The first-order valence-electron chi connectivity index (χ1n) is 10.8. The molecule has 0 unspecified atom stereocenters. The van der Waals surface area contributed by atoms with E-state index in [0.29, 0.717) is 12.3 Å². The van der Waals surface area contributed by atoms with Gasteiger partial charge < -0.3 is 19.0 Å². The van der Waals surface area contributed by atoms with E-state index in [2.05, 4.69) is 0 Å². The number of carbonyl (C=O) groups excluding carboxylic acids is 2. The van der Waals surface area contributed by atoms with E-state index in [1.807, 2.05) is 49.4 Å². The van der Waals surface area contributed by atoms with Crippen LogP contribution in [0.25, 0.3) is 0 Å². The highest BCUT2D eigenvalue weighted by molar-refractivity contribution is 5.97. The predicted octanol–water partition coefficient (Wildman–Crippen LogP) is 3.81. The Morgan fingerprint density at radius 2 is 1.76 bits per heavy atom. The molecule has 9 heteroatoms. The Labute approximate surface area is 197 Å². The van der Waals surface area contributed by atoms with Gasteiger partial charge in [-0.3, -0.25) is 19.7 Å². The first kappa shape index (κ1) is 24.7. The molecule has 3 rings (SSSR count). The maximum absolute atomic E-state index is 13.4. The lowest BCUT2D eigenvalue weighted by molar-refractivity contribution is -0.384. The number of hydrogen-bond acceptors (Lipinski definition) is 6. The van der Waals surface area contributed by atoms with Crippen LogP contribution < -0.4 is 0 Å². The quantitative estimate of drug-likeness (QED) is 0.315. The highest BCUT2D eigenvalue weighted by Gasteiger charge is 2.24. The van der Waals surface area contributed by atoms with Crippen LogP contribution in [0, 0.1) is 17.0 Å². The van der Waals surface area contributed by atoms with Gasteiger partial charge in [-0.15, -0.1) is 0 Å². The largest absolute Gasteiger partial charge is 0.464 e. The van der Waals surface area contributed by atoms with Crippen molar-refractivity contribution in [3.63, 3.8) is 0 Å². The van der Waals surface area contributed by atoms with E-state index in [0.717, 1.165) is 11.3 Å². The molecule has 178 valence electrons. The number of amides is 2. The van der Waals surface area contributed by atoms with E-state index in [-0.39, 0.29) is 43.4 Å². The summed E-state index contributed by atoms with van der Waals surface area (Å²) < 4.78 is 10.8. The lowest BCUT2D eigenvalue weighted by Gasteiger charge is -2.27. The van der Waals surface area contributed by atoms with Crippen molar-refractivity contribution < 1.29 is 23.7 Å². The number of rotatable bonds is 11. The molecule has 0 saturated heterocycles. The van der Waals surface area contributed by atoms with Crippen molar-refractivity contribution in [3.8, 4) is 0 Å². The number of furan rings is 1. The topological polar surface area (TPSA) is 106 Å². The second-order valence-electron chi connectivity index (χ2n) is 7.77. The van der Waals surface area contributed by atoms with Crippen LogP contribution in [-0.2, 0) is 22.6 Å². The SMILES string of the molecule is COCCN(CC(=O)N(Cc1ccccc1)Cc1ccc(C)o1)C(=O)c1cccc([N+](=O)[O-])c1. The van der Waals surface area contributed by atoms with Gasteiger partial charge in [0.1, 0.15) is 18.1 Å². The smallest absolute Gasteiger partial charge is 0.270 e. The van der Waals surface area contributed by atoms with Gasteiger partial charge in [0.25, 0.3) is 11.6 Å². The van der Waals surface area contributed by atoms with Crippen LogP contribution in [0.3, 0.4) is 0 Å². The summed E-state index contributed by atoms with van der Waals surface area (Å²) in [5.74, 6) is 0.607. The highest BCUT2D eigenvalue weighted by Crippen LogP contribution is 2.17. The van der Waals surface area contributed by atoms with Gasteiger partial charge >= 0.3 is 0 Å². The average Bonchev–Trinajstić information content (AvgIpc) is 3.26. The maximum atomic E-state index is 13.4. The van der Waals surface area contributed by atoms with Gasteiger partial charge in [0, 0.05) is 37.9 Å². The molecular formula is C25H27N3O6. The van der Waals surface area contributed by atoms with Crippen LogP contribution in [0.15, 0.2) is 71.1 Å². The van der Waals surface area contributed by atoms with Crippen LogP contribution in [0.4, 0.5) is 5.69 Å². The molecule has 0 radical (unpaired) electrons. The molecule has 3 aromatic rings. The Kier molecular flexibility index (Phi) is 8.53. The summed E-state index contributed by atoms with van der Waals surface area (Å²) in [6.45, 7) is 2.56. The Morgan fingerprint density at radius 3 is 2.41 bits per heavy atom. The molecule has 9 nitrogen and oxygen atoms in total. The van der Waals surface area contributed by atoms with E-state index in [9.17, 15) is 19.7 Å². The predicted molar refractivity (Wildman–Crippen MR) is 125 cm³/mol. The maximum Gasteiger partial charge on any atom is 0.270 e. The summed E-state index contributed by atoms with van der Waals surface area (Å²) in [7, 11) is 1.50. The van der Waals surface area contributed by atoms with Gasteiger partial charge in [0.05, 0.1) is 18.1 Å². The number of benzene rings is 2. The average molecular weight is 466 g/mol. The summed E-state index contributed by atoms with van der Waals surface area (Å²) in [5, 5.41) is 11.1. The van der Waals surface area contributed by atoms with Crippen LogP contribution in [0.1, 0.15) is 27.4 Å². The molecule has 0 atom stereocenters. The van der Waals surface area contributed by atoms with Crippen LogP contribution in [0.5, 0.6) is 0 Å². The van der Waals surface area contributed by atoms with Crippen LogP contribution in [-0.4, -0.2) is 53.3 Å². The number of aryl methyl sites for hydroxylation is 1. The van der Waals surface area contributed by atoms with Crippen molar-refractivity contribution >= 4 is 17.5 Å². The van der Waals surface area contributed by atoms with Crippen molar-refractivity contribution in [1.82, 2.24) is 9.80 Å². The highest BCUT2D eigenvalue weighted by atomic mass is 16.6. The number of nitro benzene ring substituents is 1. The number of non-ortho nitro benzene ring substituents is 1. The molecule has 0 bridgehead atoms. The normalized spacial score (nSPS) is 10.6. The zero-order valence-corrected chi connectivity index (χ0v) is 19.2. The van der Waals surface area contributed by atoms with E-state index in [1.165, 1.54) is 36.3 Å². The van der Waals surface area contributed by atoms with Gasteiger partial charge in [0.2, 0.25) is 5.91 Å². The Hall–Kier alpha value is -3.98. The third kappa shape index (κ3) is 6.76. The molecule has 0 aliphatic carbocycles. The monoisotopic (exact) mass is 465 g/mol. The number of nitrogens with zero attached hydrogens (tertiary/aromatic N) is 3. The molecule has 1 heterocycles. The van der Waals surface area contributed by atoms with Gasteiger partial charge in [-0.2, -0.15) is 0 Å². The second kappa shape index (κ2) is 11.8. The van der Waals surface area contributed by atoms with Crippen LogP contribution in [0.2, 0.25) is 0 Å². The molecule has 0 spiro atoms. The third-order valence-corrected chi connectivity index (χ3v) is 5.19. The second-order valence-corrected chi connectivity index (χ2v) is 7.77. The van der Waals surface area contributed by atoms with Gasteiger partial charge in [-0.25, -0.2) is 0 Å². The fraction of sp³-hybridized carbons (Fsp3) is 0.280. The van der Waals surface area contributed by atoms with E-state index in [1.54, 1.807) is 4.90 Å². The lowest BCUT2D eigenvalue weighted by atomic mass is 10.1. The molecule has 0 aliphatic rings. The van der Waals surface area contributed by atoms with Crippen LogP contribution >= 0.6 is 0 Å². The van der Waals surface area contributed by atoms with Crippen molar-refractivity contribution in [1.29, 1.82) is 0 Å². The molecule has 0 N–H and O–H groups in total. The summed E-state index contributed by atoms with van der Waals surface area (Å²) in [5.41, 5.74) is 0.879. The fourth-order valence-electron chi connectivity index (χ4n) is 3.45. The molecule has 0 fully saturated rings. The standard InChI is InChI=1S/C25H27N3O6/c1-19-11-12-23(34-19)17-27(16-20-7-4-3-5-8-20)24(29)18-26(13-14-33-2)25(30)21-9-6-10-22(15-21)28(31)32/h3-12,15H,13-14,16-18H2,1-2H3. The van der Waals surface area contributed by atoms with Crippen molar-refractivity contribution in [2.45, 2.75) is 20.0 Å². The van der Waals surface area contributed by atoms with Gasteiger partial charge in [-0.05, 0) is 30.7 Å². The molecule has 34 heavy (non-hydrogen) atoms. The fourth-order valence-corrected chi connectivity index (χ4v) is 3.45. The summed E-state index contributed by atoms with van der Waals surface area (Å²) >= 11 is 0. The lowest BCUT2D eigenvalue weighted by Crippen LogP contribution is -2.43. The van der Waals surface area contributed by atoms with E-state index < -0.39 is 10.8 Å². The number of ether oxygens (including phenoxy) is 1. The first-order chi connectivity index (χ1) is 16.4. The molecular weight excluding hydrogens is 438 g/mol. The summed E-state index contributed by atoms with van der Waals surface area (Å²) in [4.78, 5) is 40.1. The Bertz CT molecular complexity index is 1130. The van der Waals surface area contributed by atoms with Crippen molar-refractivity contribution in [2.24, 2.45) is 0 Å². The molecule has 0 aliphatic heterocycles. The zero-order valence-electron chi connectivity index (χ0n) is 19.2. The van der Waals surface area contributed by atoms with Gasteiger partial charge in [-0.1, -0.05) is 36.4 Å². The third-order valence-electron chi connectivity index (χ3n) is 5.19. The van der Waals surface area contributed by atoms with E-state index >= 15 is 0 Å². The minimum absolute atomic E-state index is 0.134. The number of methoxy groups -OCH3 is 1.